The van der Waals surface area contributed by atoms with Gasteiger partial charge < -0.3 is 14.8 Å². The van der Waals surface area contributed by atoms with Crippen molar-refractivity contribution in [3.8, 4) is 5.75 Å². The van der Waals surface area contributed by atoms with Crippen LogP contribution in [-0.4, -0.2) is 78.8 Å². The van der Waals surface area contributed by atoms with Crippen molar-refractivity contribution in [1.29, 1.82) is 0 Å². The molecule has 1 amide bonds. The second kappa shape index (κ2) is 11.3. The number of carbonyl (C=O) groups is 1. The van der Waals surface area contributed by atoms with Crippen molar-refractivity contribution in [3.63, 3.8) is 0 Å². The molecule has 0 spiro atoms. The lowest BCUT2D eigenvalue weighted by Crippen LogP contribution is -2.48. The summed E-state index contributed by atoms with van der Waals surface area (Å²) < 4.78 is 76.4. The molecule has 0 bridgehead atoms. The smallest absolute Gasteiger partial charge is 0.243 e. The van der Waals surface area contributed by atoms with E-state index < -0.39 is 37.8 Å². The third-order valence-electron chi connectivity index (χ3n) is 5.25. The monoisotopic (exact) mass is 529 g/mol. The third kappa shape index (κ3) is 6.90. The Bertz CT molecular complexity index is 1230. The van der Waals surface area contributed by atoms with Gasteiger partial charge in [-0.15, -0.1) is 0 Å². The number of halogens is 1. The van der Waals surface area contributed by atoms with E-state index >= 15 is 0 Å². The van der Waals surface area contributed by atoms with Crippen LogP contribution >= 0.6 is 0 Å². The molecule has 0 saturated carbocycles. The lowest BCUT2D eigenvalue weighted by molar-refractivity contribution is -0.121. The van der Waals surface area contributed by atoms with Crippen molar-refractivity contribution in [3.05, 3.63) is 54.3 Å². The van der Waals surface area contributed by atoms with Crippen molar-refractivity contribution in [1.82, 2.24) is 9.62 Å². The SMILES string of the molecule is C[C@H](C(=O)NCCOc1ccc(S(=O)(=O)N2CCOCC2)cc1)N(c1cccc(F)c1)S(C)(=O)=O. The Morgan fingerprint density at radius 2 is 1.80 bits per heavy atom. The van der Waals surface area contributed by atoms with Crippen LogP contribution in [0.1, 0.15) is 6.92 Å². The van der Waals surface area contributed by atoms with Crippen molar-refractivity contribution in [2.45, 2.75) is 17.9 Å². The number of morpholine rings is 1. The highest BCUT2D eigenvalue weighted by Gasteiger charge is 2.29. The van der Waals surface area contributed by atoms with Crippen LogP contribution in [0.25, 0.3) is 0 Å². The quantitative estimate of drug-likeness (QED) is 0.459. The molecule has 1 atom stereocenters. The van der Waals surface area contributed by atoms with Crippen molar-refractivity contribution >= 4 is 31.6 Å². The lowest BCUT2D eigenvalue weighted by atomic mass is 10.2. The Kier molecular flexibility index (Phi) is 8.70. The number of nitrogens with one attached hydrogen (secondary N) is 1. The van der Waals surface area contributed by atoms with E-state index in [9.17, 15) is 26.0 Å². The van der Waals surface area contributed by atoms with Gasteiger partial charge in [0.15, 0.2) is 0 Å². The number of hydrogen-bond donors (Lipinski definition) is 1. The number of benzene rings is 2. The molecule has 3 rings (SSSR count). The van der Waals surface area contributed by atoms with E-state index in [1.165, 1.54) is 53.7 Å². The number of anilines is 1. The van der Waals surface area contributed by atoms with Gasteiger partial charge in [0.05, 0.1) is 36.6 Å². The first-order valence-electron chi connectivity index (χ1n) is 10.8. The fourth-order valence-electron chi connectivity index (χ4n) is 3.56. The van der Waals surface area contributed by atoms with E-state index in [1.54, 1.807) is 0 Å². The van der Waals surface area contributed by atoms with Crippen molar-refractivity contribution in [2.75, 3.05) is 50.0 Å². The summed E-state index contributed by atoms with van der Waals surface area (Å²) in [5.41, 5.74) is 0.0403. The summed E-state index contributed by atoms with van der Waals surface area (Å²) in [6.45, 7) is 2.84. The van der Waals surface area contributed by atoms with Crippen LogP contribution in [0.2, 0.25) is 0 Å². The summed E-state index contributed by atoms with van der Waals surface area (Å²) in [5.74, 6) is -0.804. The van der Waals surface area contributed by atoms with E-state index in [4.69, 9.17) is 9.47 Å². The molecule has 1 N–H and O–H groups in total. The molecule has 0 aromatic heterocycles. The highest BCUT2D eigenvalue weighted by Crippen LogP contribution is 2.22. The van der Waals surface area contributed by atoms with Crippen LogP contribution in [0.5, 0.6) is 5.75 Å². The number of carbonyl (C=O) groups excluding carboxylic acids is 1. The molecule has 13 heteroatoms. The van der Waals surface area contributed by atoms with Gasteiger partial charge in [0, 0.05) is 13.1 Å². The zero-order valence-electron chi connectivity index (χ0n) is 19.4. The molecule has 1 fully saturated rings. The standard InChI is InChI=1S/C22H28FN3O7S2/c1-17(26(34(2,28)29)19-5-3-4-18(23)16-19)22(27)24-10-13-33-20-6-8-21(9-7-20)35(30,31)25-11-14-32-15-12-25/h3-9,16-17H,10-15H2,1-2H3,(H,24,27)/t17-/m1/s1. The summed E-state index contributed by atoms with van der Waals surface area (Å²) in [6.07, 6.45) is 0.938. The molecule has 2 aromatic rings. The molecule has 0 radical (unpaired) electrons. The van der Waals surface area contributed by atoms with E-state index in [0.717, 1.165) is 16.6 Å². The van der Waals surface area contributed by atoms with Gasteiger partial charge in [-0.3, -0.25) is 9.10 Å². The Morgan fingerprint density at radius 3 is 2.40 bits per heavy atom. The fraction of sp³-hybridized carbons (Fsp3) is 0.409. The van der Waals surface area contributed by atoms with Gasteiger partial charge in [0.25, 0.3) is 0 Å². The van der Waals surface area contributed by atoms with Gasteiger partial charge in [-0.2, -0.15) is 4.31 Å². The van der Waals surface area contributed by atoms with Crippen LogP contribution in [-0.2, 0) is 29.6 Å². The molecule has 0 unspecified atom stereocenters. The summed E-state index contributed by atoms with van der Waals surface area (Å²) in [7, 11) is -7.47. The normalized spacial score (nSPS) is 15.9. The molecule has 35 heavy (non-hydrogen) atoms. The maximum Gasteiger partial charge on any atom is 0.243 e. The molecule has 10 nitrogen and oxygen atoms in total. The average molecular weight is 530 g/mol. The average Bonchev–Trinajstić information content (AvgIpc) is 2.82. The van der Waals surface area contributed by atoms with Crippen LogP contribution in [0.4, 0.5) is 10.1 Å². The van der Waals surface area contributed by atoms with Gasteiger partial charge in [-0.1, -0.05) is 6.07 Å². The number of rotatable bonds is 10. The number of amides is 1. The number of hydrogen-bond acceptors (Lipinski definition) is 7. The molecule has 1 aliphatic rings. The first-order valence-corrected chi connectivity index (χ1v) is 14.1. The second-order valence-electron chi connectivity index (χ2n) is 7.84. The minimum absolute atomic E-state index is 0.0403. The molecule has 0 aliphatic carbocycles. The fourth-order valence-corrected chi connectivity index (χ4v) is 6.13. The Labute approximate surface area is 204 Å². The third-order valence-corrected chi connectivity index (χ3v) is 8.41. The van der Waals surface area contributed by atoms with Gasteiger partial charge in [-0.05, 0) is 49.4 Å². The zero-order chi connectivity index (χ0) is 25.6. The predicted octanol–water partition coefficient (Wildman–Crippen LogP) is 1.20. The lowest BCUT2D eigenvalue weighted by Gasteiger charge is -2.28. The first-order chi connectivity index (χ1) is 16.5. The van der Waals surface area contributed by atoms with E-state index in [0.29, 0.717) is 32.1 Å². The minimum Gasteiger partial charge on any atom is -0.492 e. The summed E-state index contributed by atoms with van der Waals surface area (Å²) in [6, 6.07) is 9.79. The van der Waals surface area contributed by atoms with Crippen LogP contribution in [0.15, 0.2) is 53.4 Å². The molecular weight excluding hydrogens is 501 g/mol. The topological polar surface area (TPSA) is 122 Å². The van der Waals surface area contributed by atoms with Gasteiger partial charge in [-0.25, -0.2) is 21.2 Å². The van der Waals surface area contributed by atoms with Crippen molar-refractivity contribution < 1.29 is 35.5 Å². The maximum atomic E-state index is 13.6. The molecule has 1 heterocycles. The van der Waals surface area contributed by atoms with Crippen LogP contribution in [0.3, 0.4) is 0 Å². The summed E-state index contributed by atoms with van der Waals surface area (Å²) >= 11 is 0. The van der Waals surface area contributed by atoms with Gasteiger partial charge in [0.2, 0.25) is 26.0 Å². The summed E-state index contributed by atoms with van der Waals surface area (Å²) in [5, 5.41) is 2.59. The van der Waals surface area contributed by atoms with Crippen LogP contribution < -0.4 is 14.4 Å². The molecule has 192 valence electrons. The zero-order valence-corrected chi connectivity index (χ0v) is 21.0. The summed E-state index contributed by atoms with van der Waals surface area (Å²) in [4.78, 5) is 12.7. The maximum absolute atomic E-state index is 13.6. The molecular formula is C22H28FN3O7S2. The second-order valence-corrected chi connectivity index (χ2v) is 11.6. The van der Waals surface area contributed by atoms with E-state index in [1.807, 2.05) is 0 Å². The number of sulfonamides is 2. The highest BCUT2D eigenvalue weighted by molar-refractivity contribution is 7.92. The van der Waals surface area contributed by atoms with E-state index in [-0.39, 0.29) is 23.7 Å². The largest absolute Gasteiger partial charge is 0.492 e. The Balaban J connectivity index is 1.54. The molecule has 1 aliphatic heterocycles. The minimum atomic E-state index is -3.86. The van der Waals surface area contributed by atoms with Gasteiger partial charge in [0.1, 0.15) is 24.2 Å². The van der Waals surface area contributed by atoms with Crippen LogP contribution in [0, 0.1) is 5.82 Å². The Morgan fingerprint density at radius 1 is 1.14 bits per heavy atom. The van der Waals surface area contributed by atoms with Gasteiger partial charge >= 0.3 is 0 Å². The highest BCUT2D eigenvalue weighted by atomic mass is 32.2. The molecule has 2 aromatic carbocycles. The number of ether oxygens (including phenoxy) is 2. The predicted molar refractivity (Wildman–Crippen MR) is 128 cm³/mol. The Hall–Kier alpha value is -2.74. The number of nitrogens with zero attached hydrogens (tertiary/aromatic N) is 2. The first kappa shape index (κ1) is 26.9. The molecule has 1 saturated heterocycles. The van der Waals surface area contributed by atoms with Crippen molar-refractivity contribution in [2.24, 2.45) is 0 Å². The van der Waals surface area contributed by atoms with E-state index in [2.05, 4.69) is 5.32 Å².